The summed E-state index contributed by atoms with van der Waals surface area (Å²) in [5.74, 6) is 6.21. The number of carbonyl (C=O) groups is 1. The van der Waals surface area contributed by atoms with Gasteiger partial charge in [-0.2, -0.15) is 0 Å². The number of pyridine rings is 1. The summed E-state index contributed by atoms with van der Waals surface area (Å²) in [6.07, 6.45) is 0. The molecule has 3 aromatic rings. The zero-order valence-electron chi connectivity index (χ0n) is 14.6. The van der Waals surface area contributed by atoms with Gasteiger partial charge in [-0.1, -0.05) is 36.3 Å². The summed E-state index contributed by atoms with van der Waals surface area (Å²) in [5.41, 5.74) is 10.3. The number of nitrogens with zero attached hydrogens (tertiary/aromatic N) is 1. The molecule has 0 saturated heterocycles. The van der Waals surface area contributed by atoms with Crippen molar-refractivity contribution in [3.8, 4) is 23.0 Å². The molecule has 1 heterocycles. The predicted octanol–water partition coefficient (Wildman–Crippen LogP) is 3.83. The number of hydrogen-bond donors (Lipinski definition) is 1. The van der Waals surface area contributed by atoms with Gasteiger partial charge in [0.15, 0.2) is 0 Å². The van der Waals surface area contributed by atoms with Gasteiger partial charge >= 0.3 is 5.97 Å². The zero-order chi connectivity index (χ0) is 18.5. The van der Waals surface area contributed by atoms with Crippen LogP contribution in [-0.4, -0.2) is 18.1 Å². The fourth-order valence-corrected chi connectivity index (χ4v) is 2.57. The minimum absolute atomic E-state index is 0.371. The van der Waals surface area contributed by atoms with Crippen molar-refractivity contribution >= 4 is 11.8 Å². The van der Waals surface area contributed by atoms with E-state index in [0.717, 1.165) is 22.3 Å². The van der Waals surface area contributed by atoms with Crippen molar-refractivity contribution in [2.24, 2.45) is 0 Å². The van der Waals surface area contributed by atoms with Crippen molar-refractivity contribution in [3.05, 3.63) is 83.0 Å². The lowest BCUT2D eigenvalue weighted by atomic mass is 9.98. The Morgan fingerprint density at radius 3 is 2.54 bits per heavy atom. The molecule has 128 valence electrons. The van der Waals surface area contributed by atoms with Gasteiger partial charge in [-0.3, -0.25) is 0 Å². The molecule has 1 aromatic heterocycles. The molecule has 0 atom stereocenters. The molecule has 4 nitrogen and oxygen atoms in total. The number of carbonyl (C=O) groups excluding carboxylic acids is 1. The highest BCUT2D eigenvalue weighted by atomic mass is 16.5. The number of nitrogen functional groups attached to an aromatic ring is 1. The van der Waals surface area contributed by atoms with E-state index in [2.05, 4.69) is 16.8 Å². The Morgan fingerprint density at radius 1 is 1.04 bits per heavy atom. The zero-order valence-corrected chi connectivity index (χ0v) is 14.6. The number of aryl methyl sites for hydroxylation is 1. The smallest absolute Gasteiger partial charge is 0.338 e. The van der Waals surface area contributed by atoms with Gasteiger partial charge in [0.25, 0.3) is 0 Å². The fraction of sp³-hybridized carbons (Fsp3) is 0.0909. The van der Waals surface area contributed by atoms with Crippen LogP contribution >= 0.6 is 0 Å². The van der Waals surface area contributed by atoms with Crippen LogP contribution in [0.5, 0.6) is 0 Å². The van der Waals surface area contributed by atoms with E-state index in [-0.39, 0.29) is 5.97 Å². The molecule has 3 rings (SSSR count). The SMILES string of the molecule is COC(=O)c1cc(-c2ccc(N)nc2C#Cc2ccccc2)ccc1C. The van der Waals surface area contributed by atoms with Gasteiger partial charge in [0, 0.05) is 11.1 Å². The molecular formula is C22H18N2O2. The molecule has 0 unspecified atom stereocenters. The summed E-state index contributed by atoms with van der Waals surface area (Å²) < 4.78 is 4.86. The fourth-order valence-electron chi connectivity index (χ4n) is 2.57. The van der Waals surface area contributed by atoms with Gasteiger partial charge in [0.05, 0.1) is 12.7 Å². The third kappa shape index (κ3) is 3.73. The lowest BCUT2D eigenvalue weighted by Crippen LogP contribution is -2.04. The lowest BCUT2D eigenvalue weighted by Gasteiger charge is -2.09. The summed E-state index contributed by atoms with van der Waals surface area (Å²) in [6.45, 7) is 1.87. The average Bonchev–Trinajstić information content (AvgIpc) is 2.67. The number of methoxy groups -OCH3 is 1. The van der Waals surface area contributed by atoms with Crippen LogP contribution in [0.2, 0.25) is 0 Å². The van der Waals surface area contributed by atoms with Gasteiger partial charge in [-0.05, 0) is 54.3 Å². The van der Waals surface area contributed by atoms with Crippen LogP contribution in [-0.2, 0) is 4.74 Å². The molecule has 0 radical (unpaired) electrons. The summed E-state index contributed by atoms with van der Waals surface area (Å²) in [5, 5.41) is 0. The normalized spacial score (nSPS) is 9.92. The van der Waals surface area contributed by atoms with E-state index in [1.807, 2.05) is 55.5 Å². The van der Waals surface area contributed by atoms with Crippen molar-refractivity contribution in [2.45, 2.75) is 6.92 Å². The Labute approximate surface area is 152 Å². The number of hydrogen-bond acceptors (Lipinski definition) is 4. The molecular weight excluding hydrogens is 324 g/mol. The van der Waals surface area contributed by atoms with Crippen molar-refractivity contribution in [1.82, 2.24) is 4.98 Å². The maximum absolute atomic E-state index is 12.0. The van der Waals surface area contributed by atoms with Gasteiger partial charge in [-0.25, -0.2) is 9.78 Å². The van der Waals surface area contributed by atoms with E-state index in [4.69, 9.17) is 10.5 Å². The molecule has 0 amide bonds. The van der Waals surface area contributed by atoms with E-state index in [9.17, 15) is 4.79 Å². The Kier molecular flexibility index (Phi) is 5.00. The summed E-state index contributed by atoms with van der Waals surface area (Å²) in [4.78, 5) is 16.4. The van der Waals surface area contributed by atoms with Gasteiger partial charge in [0.1, 0.15) is 11.5 Å². The van der Waals surface area contributed by atoms with Crippen LogP contribution in [0.3, 0.4) is 0 Å². The van der Waals surface area contributed by atoms with E-state index in [0.29, 0.717) is 17.1 Å². The van der Waals surface area contributed by atoms with Gasteiger partial charge < -0.3 is 10.5 Å². The average molecular weight is 342 g/mol. The first-order valence-corrected chi connectivity index (χ1v) is 8.11. The maximum atomic E-state index is 12.0. The highest BCUT2D eigenvalue weighted by Crippen LogP contribution is 2.26. The number of anilines is 1. The number of rotatable bonds is 2. The molecule has 0 aliphatic heterocycles. The Morgan fingerprint density at radius 2 is 1.81 bits per heavy atom. The van der Waals surface area contributed by atoms with Crippen LogP contribution in [0, 0.1) is 18.8 Å². The summed E-state index contributed by atoms with van der Waals surface area (Å²) in [7, 11) is 1.37. The van der Waals surface area contributed by atoms with E-state index < -0.39 is 0 Å². The van der Waals surface area contributed by atoms with Crippen LogP contribution in [0.4, 0.5) is 5.82 Å². The van der Waals surface area contributed by atoms with Crippen LogP contribution in [0.25, 0.3) is 11.1 Å². The summed E-state index contributed by atoms with van der Waals surface area (Å²) >= 11 is 0. The molecule has 4 heteroatoms. The standard InChI is InChI=1S/C22H18N2O2/c1-15-8-10-17(14-19(15)22(25)26-2)18-11-13-21(23)24-20(18)12-9-16-6-4-3-5-7-16/h3-8,10-11,13-14H,1-2H3,(H2,23,24). The molecule has 26 heavy (non-hydrogen) atoms. The number of ether oxygens (including phenoxy) is 1. The van der Waals surface area contributed by atoms with E-state index in [1.54, 1.807) is 12.1 Å². The minimum Gasteiger partial charge on any atom is -0.465 e. The minimum atomic E-state index is -0.371. The Bertz CT molecular complexity index is 1020. The highest BCUT2D eigenvalue weighted by Gasteiger charge is 2.13. The van der Waals surface area contributed by atoms with Gasteiger partial charge in [0.2, 0.25) is 0 Å². The summed E-state index contributed by atoms with van der Waals surface area (Å²) in [6, 6.07) is 18.9. The Hall–Kier alpha value is -3.58. The largest absolute Gasteiger partial charge is 0.465 e. The second-order valence-corrected chi connectivity index (χ2v) is 5.77. The molecule has 0 spiro atoms. The number of benzene rings is 2. The van der Waals surface area contributed by atoms with Crippen molar-refractivity contribution in [1.29, 1.82) is 0 Å². The van der Waals surface area contributed by atoms with E-state index >= 15 is 0 Å². The van der Waals surface area contributed by atoms with E-state index in [1.165, 1.54) is 7.11 Å². The first-order chi connectivity index (χ1) is 12.6. The van der Waals surface area contributed by atoms with Crippen molar-refractivity contribution in [3.63, 3.8) is 0 Å². The monoisotopic (exact) mass is 342 g/mol. The molecule has 2 aromatic carbocycles. The van der Waals surface area contributed by atoms with Crippen molar-refractivity contribution in [2.75, 3.05) is 12.8 Å². The second kappa shape index (κ2) is 7.54. The molecule has 0 fully saturated rings. The third-order valence-corrected chi connectivity index (χ3v) is 3.97. The third-order valence-electron chi connectivity index (χ3n) is 3.97. The quantitative estimate of drug-likeness (QED) is 0.568. The lowest BCUT2D eigenvalue weighted by molar-refractivity contribution is 0.0600. The molecule has 0 bridgehead atoms. The molecule has 0 aliphatic carbocycles. The number of nitrogens with two attached hydrogens (primary N) is 1. The molecule has 0 saturated carbocycles. The van der Waals surface area contributed by atoms with Crippen LogP contribution in [0.15, 0.2) is 60.7 Å². The van der Waals surface area contributed by atoms with Crippen molar-refractivity contribution < 1.29 is 9.53 Å². The first kappa shape index (κ1) is 17.2. The predicted molar refractivity (Wildman–Crippen MR) is 103 cm³/mol. The highest BCUT2D eigenvalue weighted by molar-refractivity contribution is 5.93. The molecule has 0 aliphatic rings. The number of aromatic nitrogens is 1. The second-order valence-electron chi connectivity index (χ2n) is 5.77. The molecule has 2 N–H and O–H groups in total. The Balaban J connectivity index is 2.09. The van der Waals surface area contributed by atoms with Crippen LogP contribution in [0.1, 0.15) is 27.2 Å². The number of esters is 1. The van der Waals surface area contributed by atoms with Gasteiger partial charge in [-0.15, -0.1) is 0 Å². The van der Waals surface area contributed by atoms with Crippen LogP contribution < -0.4 is 5.73 Å². The topological polar surface area (TPSA) is 65.2 Å². The first-order valence-electron chi connectivity index (χ1n) is 8.11. The maximum Gasteiger partial charge on any atom is 0.338 e.